The molecule has 0 fully saturated rings. The number of rotatable bonds is 7. The number of esters is 1. The highest BCUT2D eigenvalue weighted by atomic mass is 16.5. The predicted molar refractivity (Wildman–Crippen MR) is 94.0 cm³/mol. The molecule has 0 aliphatic rings. The Labute approximate surface area is 146 Å². The molecular weight excluding hydrogens is 322 g/mol. The van der Waals surface area contributed by atoms with E-state index in [-0.39, 0.29) is 13.0 Å². The van der Waals surface area contributed by atoms with E-state index in [0.717, 1.165) is 11.1 Å². The monoisotopic (exact) mass is 343 g/mol. The summed E-state index contributed by atoms with van der Waals surface area (Å²) in [6.07, 6.45) is 0.127. The lowest BCUT2D eigenvalue weighted by Gasteiger charge is -2.10. The number of anilines is 1. The molecule has 6 heteroatoms. The van der Waals surface area contributed by atoms with Crippen molar-refractivity contribution in [3.8, 4) is 11.5 Å². The zero-order valence-corrected chi connectivity index (χ0v) is 14.5. The molecule has 2 rings (SSSR count). The summed E-state index contributed by atoms with van der Waals surface area (Å²) in [7, 11) is 3.04. The third-order valence-corrected chi connectivity index (χ3v) is 3.43. The molecule has 0 heterocycles. The van der Waals surface area contributed by atoms with E-state index in [0.29, 0.717) is 17.2 Å². The fraction of sp³-hybridized carbons (Fsp3) is 0.263. The highest BCUT2D eigenvalue weighted by Gasteiger charge is 2.10. The van der Waals surface area contributed by atoms with Gasteiger partial charge in [-0.05, 0) is 12.5 Å². The summed E-state index contributed by atoms with van der Waals surface area (Å²) in [5.74, 6) is 0.203. The molecule has 0 bridgehead atoms. The van der Waals surface area contributed by atoms with Gasteiger partial charge in [0.15, 0.2) is 6.61 Å². The molecule has 0 unspecified atom stereocenters. The lowest BCUT2D eigenvalue weighted by molar-refractivity contribution is -0.146. The second-order valence-corrected chi connectivity index (χ2v) is 5.48. The SMILES string of the molecule is COc1cc(NC(=O)COC(=O)Cc2cccc(C)c2)cc(OC)c1. The van der Waals surface area contributed by atoms with Crippen molar-refractivity contribution in [1.29, 1.82) is 0 Å². The molecule has 6 nitrogen and oxygen atoms in total. The summed E-state index contributed by atoms with van der Waals surface area (Å²) in [4.78, 5) is 23.8. The highest BCUT2D eigenvalue weighted by Crippen LogP contribution is 2.25. The van der Waals surface area contributed by atoms with Crippen molar-refractivity contribution in [2.24, 2.45) is 0 Å². The quantitative estimate of drug-likeness (QED) is 0.783. The van der Waals surface area contributed by atoms with Gasteiger partial charge >= 0.3 is 5.97 Å². The van der Waals surface area contributed by atoms with Gasteiger partial charge in [-0.1, -0.05) is 29.8 Å². The number of nitrogens with one attached hydrogen (secondary N) is 1. The van der Waals surface area contributed by atoms with Crippen molar-refractivity contribution in [3.63, 3.8) is 0 Å². The fourth-order valence-corrected chi connectivity index (χ4v) is 2.26. The molecule has 0 spiro atoms. The van der Waals surface area contributed by atoms with Gasteiger partial charge in [-0.2, -0.15) is 0 Å². The smallest absolute Gasteiger partial charge is 0.310 e. The van der Waals surface area contributed by atoms with E-state index in [4.69, 9.17) is 14.2 Å². The van der Waals surface area contributed by atoms with Crippen molar-refractivity contribution < 1.29 is 23.8 Å². The Morgan fingerprint density at radius 3 is 2.28 bits per heavy atom. The van der Waals surface area contributed by atoms with Crippen LogP contribution in [0.2, 0.25) is 0 Å². The van der Waals surface area contributed by atoms with Crippen LogP contribution in [0.15, 0.2) is 42.5 Å². The number of carbonyl (C=O) groups is 2. The first-order valence-electron chi connectivity index (χ1n) is 7.74. The van der Waals surface area contributed by atoms with Crippen molar-refractivity contribution in [2.45, 2.75) is 13.3 Å². The first-order chi connectivity index (χ1) is 12.0. The summed E-state index contributed by atoms with van der Waals surface area (Å²) >= 11 is 0. The minimum absolute atomic E-state index is 0.127. The van der Waals surface area contributed by atoms with Gasteiger partial charge in [0.25, 0.3) is 5.91 Å². The van der Waals surface area contributed by atoms with E-state index < -0.39 is 11.9 Å². The summed E-state index contributed by atoms with van der Waals surface area (Å²) in [5, 5.41) is 2.64. The van der Waals surface area contributed by atoms with Crippen LogP contribution in [0, 0.1) is 6.92 Å². The second-order valence-electron chi connectivity index (χ2n) is 5.48. The molecule has 0 aliphatic carbocycles. The number of benzene rings is 2. The first kappa shape index (κ1) is 18.3. The molecule has 1 N–H and O–H groups in total. The van der Waals surface area contributed by atoms with Gasteiger partial charge < -0.3 is 19.5 Å². The normalized spacial score (nSPS) is 10.0. The maximum Gasteiger partial charge on any atom is 0.310 e. The van der Waals surface area contributed by atoms with E-state index >= 15 is 0 Å². The molecular formula is C19H21NO5. The number of amides is 1. The number of carbonyl (C=O) groups excluding carboxylic acids is 2. The minimum atomic E-state index is -0.455. The van der Waals surface area contributed by atoms with E-state index in [1.807, 2.05) is 31.2 Å². The molecule has 0 aromatic heterocycles. The van der Waals surface area contributed by atoms with Gasteiger partial charge in [-0.25, -0.2) is 0 Å². The lowest BCUT2D eigenvalue weighted by atomic mass is 10.1. The van der Waals surface area contributed by atoms with Gasteiger partial charge in [-0.3, -0.25) is 9.59 Å². The van der Waals surface area contributed by atoms with Crippen LogP contribution in [0.1, 0.15) is 11.1 Å². The average molecular weight is 343 g/mol. The van der Waals surface area contributed by atoms with Gasteiger partial charge in [-0.15, -0.1) is 0 Å². The van der Waals surface area contributed by atoms with Crippen LogP contribution in [0.3, 0.4) is 0 Å². The Bertz CT molecular complexity index is 735. The molecule has 0 saturated heterocycles. The molecule has 2 aromatic rings. The van der Waals surface area contributed by atoms with Crippen LogP contribution >= 0.6 is 0 Å². The fourth-order valence-electron chi connectivity index (χ4n) is 2.26. The van der Waals surface area contributed by atoms with Crippen molar-refractivity contribution in [1.82, 2.24) is 0 Å². The maximum atomic E-state index is 12.0. The van der Waals surface area contributed by atoms with Crippen LogP contribution in [-0.2, 0) is 20.7 Å². The van der Waals surface area contributed by atoms with Gasteiger partial charge in [0.1, 0.15) is 11.5 Å². The third-order valence-electron chi connectivity index (χ3n) is 3.43. The van der Waals surface area contributed by atoms with Gasteiger partial charge in [0.05, 0.1) is 20.6 Å². The average Bonchev–Trinajstić information content (AvgIpc) is 2.59. The van der Waals surface area contributed by atoms with Crippen LogP contribution in [0.5, 0.6) is 11.5 Å². The van der Waals surface area contributed by atoms with Crippen LogP contribution in [0.4, 0.5) is 5.69 Å². The minimum Gasteiger partial charge on any atom is -0.497 e. The Hall–Kier alpha value is -3.02. The molecule has 1 amide bonds. The molecule has 132 valence electrons. The molecule has 0 aliphatic heterocycles. The maximum absolute atomic E-state index is 12.0. The van der Waals surface area contributed by atoms with Crippen molar-refractivity contribution in [2.75, 3.05) is 26.1 Å². The molecule has 25 heavy (non-hydrogen) atoms. The summed E-state index contributed by atoms with van der Waals surface area (Å²) in [5.41, 5.74) is 2.41. The van der Waals surface area contributed by atoms with Crippen LogP contribution in [0.25, 0.3) is 0 Å². The first-order valence-corrected chi connectivity index (χ1v) is 7.74. The second kappa shape index (κ2) is 8.73. The summed E-state index contributed by atoms with van der Waals surface area (Å²) in [6, 6.07) is 12.6. The lowest BCUT2D eigenvalue weighted by Crippen LogP contribution is -2.21. The standard InChI is InChI=1S/C19H21NO5/c1-13-5-4-6-14(7-13)8-19(22)25-12-18(21)20-15-9-16(23-2)11-17(10-15)24-3/h4-7,9-11H,8,12H2,1-3H3,(H,20,21). The summed E-state index contributed by atoms with van der Waals surface area (Å²) in [6.45, 7) is 1.59. The Morgan fingerprint density at radius 1 is 1.00 bits per heavy atom. The number of ether oxygens (including phenoxy) is 3. The highest BCUT2D eigenvalue weighted by molar-refractivity contribution is 5.93. The van der Waals surface area contributed by atoms with Crippen molar-refractivity contribution in [3.05, 3.63) is 53.6 Å². The van der Waals surface area contributed by atoms with Crippen molar-refractivity contribution >= 4 is 17.6 Å². The molecule has 0 saturated carbocycles. The summed E-state index contributed by atoms with van der Waals surface area (Å²) < 4.78 is 15.3. The number of aryl methyl sites for hydroxylation is 1. The van der Waals surface area contributed by atoms with E-state index in [9.17, 15) is 9.59 Å². The molecule has 2 aromatic carbocycles. The predicted octanol–water partition coefficient (Wildman–Crippen LogP) is 2.74. The number of hydrogen-bond acceptors (Lipinski definition) is 5. The Morgan fingerprint density at radius 2 is 1.68 bits per heavy atom. The Balaban J connectivity index is 1.87. The number of hydrogen-bond donors (Lipinski definition) is 1. The molecule has 0 radical (unpaired) electrons. The zero-order chi connectivity index (χ0) is 18.2. The van der Waals surface area contributed by atoms with Gasteiger partial charge in [0.2, 0.25) is 0 Å². The van der Waals surface area contributed by atoms with E-state index in [1.165, 1.54) is 14.2 Å². The largest absolute Gasteiger partial charge is 0.497 e. The van der Waals surface area contributed by atoms with Crippen LogP contribution < -0.4 is 14.8 Å². The Kier molecular flexibility index (Phi) is 6.39. The molecule has 0 atom stereocenters. The van der Waals surface area contributed by atoms with E-state index in [1.54, 1.807) is 18.2 Å². The topological polar surface area (TPSA) is 73.9 Å². The number of methoxy groups -OCH3 is 2. The zero-order valence-electron chi connectivity index (χ0n) is 14.5. The van der Waals surface area contributed by atoms with E-state index in [2.05, 4.69) is 5.32 Å². The van der Waals surface area contributed by atoms with Crippen LogP contribution in [-0.4, -0.2) is 32.7 Å². The van der Waals surface area contributed by atoms with Gasteiger partial charge in [0, 0.05) is 23.9 Å². The third kappa shape index (κ3) is 5.84.